The molecule has 4 heteroatoms. The molecule has 0 heterocycles. The number of carbonyl (C=O) groups is 1. The Balaban J connectivity index is 4.03. The largest absolute Gasteiger partial charge is 0.359 e. The fourth-order valence-corrected chi connectivity index (χ4v) is 1.57. The first-order valence-corrected chi connectivity index (χ1v) is 5.18. The van der Waals surface area contributed by atoms with Gasteiger partial charge in [0.15, 0.2) is 0 Å². The lowest BCUT2D eigenvalue weighted by Crippen LogP contribution is -2.42. The molecule has 2 unspecified atom stereocenters. The minimum Gasteiger partial charge on any atom is -0.359 e. The fraction of sp³-hybridized carbons (Fsp3) is 0.900. The summed E-state index contributed by atoms with van der Waals surface area (Å²) in [7, 11) is 3.68. The van der Waals surface area contributed by atoms with Gasteiger partial charge >= 0.3 is 0 Å². The van der Waals surface area contributed by atoms with Crippen LogP contribution in [-0.2, 0) is 4.79 Å². The van der Waals surface area contributed by atoms with Gasteiger partial charge in [-0.3, -0.25) is 4.79 Å². The van der Waals surface area contributed by atoms with Crippen LogP contribution in [0, 0.1) is 5.92 Å². The van der Waals surface area contributed by atoms with E-state index in [0.29, 0.717) is 12.6 Å². The number of rotatable bonds is 6. The third kappa shape index (κ3) is 4.07. The molecule has 0 rings (SSSR count). The van der Waals surface area contributed by atoms with Crippen molar-refractivity contribution in [2.24, 2.45) is 11.7 Å². The molecule has 0 aromatic carbocycles. The summed E-state index contributed by atoms with van der Waals surface area (Å²) < 4.78 is 0. The predicted octanol–water partition coefficient (Wildman–Crippen LogP) is 0.0376. The van der Waals surface area contributed by atoms with Crippen molar-refractivity contribution in [3.63, 3.8) is 0 Å². The van der Waals surface area contributed by atoms with Gasteiger partial charge in [-0.15, -0.1) is 0 Å². The van der Waals surface area contributed by atoms with Gasteiger partial charge in [-0.05, 0) is 13.5 Å². The van der Waals surface area contributed by atoms with Crippen LogP contribution >= 0.6 is 0 Å². The van der Waals surface area contributed by atoms with Gasteiger partial charge in [0.2, 0.25) is 5.91 Å². The van der Waals surface area contributed by atoms with Crippen molar-refractivity contribution in [3.8, 4) is 0 Å². The Morgan fingerprint density at radius 2 is 2.14 bits per heavy atom. The van der Waals surface area contributed by atoms with E-state index < -0.39 is 0 Å². The van der Waals surface area contributed by atoms with Crippen molar-refractivity contribution < 1.29 is 4.79 Å². The molecule has 0 fully saturated rings. The molecular weight excluding hydrogens is 178 g/mol. The normalized spacial score (nSPS) is 15.3. The van der Waals surface area contributed by atoms with Crippen molar-refractivity contribution >= 4 is 5.91 Å². The van der Waals surface area contributed by atoms with Crippen LogP contribution in [0.3, 0.4) is 0 Å². The van der Waals surface area contributed by atoms with Gasteiger partial charge in [0.05, 0.1) is 0 Å². The van der Waals surface area contributed by atoms with Crippen LogP contribution in [0.15, 0.2) is 0 Å². The van der Waals surface area contributed by atoms with Gasteiger partial charge in [-0.1, -0.05) is 13.8 Å². The molecule has 4 nitrogen and oxygen atoms in total. The van der Waals surface area contributed by atoms with Crippen LogP contribution in [0.25, 0.3) is 0 Å². The fourth-order valence-electron chi connectivity index (χ4n) is 1.57. The number of nitrogens with one attached hydrogen (secondary N) is 1. The molecular formula is C10H23N3O. The molecule has 0 spiro atoms. The van der Waals surface area contributed by atoms with E-state index in [1.54, 1.807) is 7.05 Å². The summed E-state index contributed by atoms with van der Waals surface area (Å²) in [6.45, 7) is 5.44. The predicted molar refractivity (Wildman–Crippen MR) is 59.0 cm³/mol. The molecule has 0 bridgehead atoms. The second-order valence-electron chi connectivity index (χ2n) is 3.75. The zero-order valence-corrected chi connectivity index (χ0v) is 9.71. The smallest absolute Gasteiger partial charge is 0.223 e. The minimum absolute atomic E-state index is 0.0191. The number of hydrogen-bond acceptors (Lipinski definition) is 3. The lowest BCUT2D eigenvalue weighted by molar-refractivity contribution is -0.124. The molecule has 0 aliphatic carbocycles. The van der Waals surface area contributed by atoms with Crippen LogP contribution in [-0.4, -0.2) is 44.0 Å². The number of likely N-dealkylation sites (N-methyl/N-ethyl adjacent to an activating group) is 1. The maximum absolute atomic E-state index is 11.3. The van der Waals surface area contributed by atoms with Crippen LogP contribution in [0.4, 0.5) is 0 Å². The van der Waals surface area contributed by atoms with E-state index >= 15 is 0 Å². The van der Waals surface area contributed by atoms with E-state index in [0.717, 1.165) is 13.0 Å². The molecule has 3 N–H and O–H groups in total. The summed E-state index contributed by atoms with van der Waals surface area (Å²) in [5.74, 6) is 0.106. The molecule has 84 valence electrons. The molecule has 0 aliphatic heterocycles. The van der Waals surface area contributed by atoms with Gasteiger partial charge in [0.25, 0.3) is 0 Å². The Morgan fingerprint density at radius 3 is 2.50 bits per heavy atom. The second-order valence-corrected chi connectivity index (χ2v) is 3.75. The van der Waals surface area contributed by atoms with E-state index in [1.807, 2.05) is 14.0 Å². The molecule has 0 radical (unpaired) electrons. The highest BCUT2D eigenvalue weighted by molar-refractivity contribution is 5.78. The lowest BCUT2D eigenvalue weighted by atomic mass is 10.1. The van der Waals surface area contributed by atoms with Crippen LogP contribution in [0.2, 0.25) is 0 Å². The summed E-state index contributed by atoms with van der Waals surface area (Å²) >= 11 is 0. The summed E-state index contributed by atoms with van der Waals surface area (Å²) in [4.78, 5) is 13.4. The lowest BCUT2D eigenvalue weighted by Gasteiger charge is -2.27. The first kappa shape index (κ1) is 13.4. The van der Waals surface area contributed by atoms with Gasteiger partial charge < -0.3 is 16.0 Å². The SMILES string of the molecule is CCC(CN)N(C)CC(C)C(=O)NC. The summed E-state index contributed by atoms with van der Waals surface area (Å²) in [5, 5.41) is 2.65. The standard InChI is InChI=1S/C10H23N3O/c1-5-9(6-11)13(4)7-8(2)10(14)12-3/h8-9H,5-7,11H2,1-4H3,(H,12,14). The first-order chi connectivity index (χ1) is 6.56. The quantitative estimate of drug-likeness (QED) is 0.638. The Bertz CT molecular complexity index is 169. The van der Waals surface area contributed by atoms with Crippen LogP contribution in [0.5, 0.6) is 0 Å². The van der Waals surface area contributed by atoms with Crippen LogP contribution < -0.4 is 11.1 Å². The van der Waals surface area contributed by atoms with Gasteiger partial charge in [0, 0.05) is 32.1 Å². The third-order valence-electron chi connectivity index (χ3n) is 2.62. The monoisotopic (exact) mass is 201 g/mol. The summed E-state index contributed by atoms with van der Waals surface area (Å²) in [6, 6.07) is 0.377. The van der Waals surface area contributed by atoms with E-state index in [4.69, 9.17) is 5.73 Å². The zero-order valence-electron chi connectivity index (χ0n) is 9.71. The first-order valence-electron chi connectivity index (χ1n) is 5.18. The summed E-state index contributed by atoms with van der Waals surface area (Å²) in [6.07, 6.45) is 1.02. The average molecular weight is 201 g/mol. The Morgan fingerprint density at radius 1 is 1.57 bits per heavy atom. The van der Waals surface area contributed by atoms with Crippen molar-refractivity contribution in [1.82, 2.24) is 10.2 Å². The van der Waals surface area contributed by atoms with Crippen molar-refractivity contribution in [2.75, 3.05) is 27.2 Å². The van der Waals surface area contributed by atoms with E-state index in [2.05, 4.69) is 17.1 Å². The maximum Gasteiger partial charge on any atom is 0.223 e. The highest BCUT2D eigenvalue weighted by Gasteiger charge is 2.17. The van der Waals surface area contributed by atoms with Crippen molar-refractivity contribution in [1.29, 1.82) is 0 Å². The number of nitrogens with two attached hydrogens (primary N) is 1. The Hall–Kier alpha value is -0.610. The topological polar surface area (TPSA) is 58.4 Å². The molecule has 1 amide bonds. The van der Waals surface area contributed by atoms with Crippen molar-refractivity contribution in [2.45, 2.75) is 26.3 Å². The molecule has 0 aromatic heterocycles. The zero-order chi connectivity index (χ0) is 11.1. The maximum atomic E-state index is 11.3. The van der Waals surface area contributed by atoms with E-state index in [1.165, 1.54) is 0 Å². The van der Waals surface area contributed by atoms with Gasteiger partial charge in [0.1, 0.15) is 0 Å². The third-order valence-corrected chi connectivity index (χ3v) is 2.62. The van der Waals surface area contributed by atoms with E-state index in [9.17, 15) is 4.79 Å². The molecule has 0 aromatic rings. The molecule has 0 saturated heterocycles. The second kappa shape index (κ2) is 6.79. The number of hydrogen-bond donors (Lipinski definition) is 2. The number of carbonyl (C=O) groups excluding carboxylic acids is 1. The number of amides is 1. The molecule has 14 heavy (non-hydrogen) atoms. The molecule has 0 aliphatic rings. The molecule has 0 saturated carbocycles. The number of nitrogens with zero attached hydrogens (tertiary/aromatic N) is 1. The summed E-state index contributed by atoms with van der Waals surface area (Å²) in [5.41, 5.74) is 5.63. The highest BCUT2D eigenvalue weighted by atomic mass is 16.1. The van der Waals surface area contributed by atoms with Gasteiger partial charge in [-0.2, -0.15) is 0 Å². The van der Waals surface area contributed by atoms with Crippen LogP contribution in [0.1, 0.15) is 20.3 Å². The Labute approximate surface area is 86.8 Å². The highest BCUT2D eigenvalue weighted by Crippen LogP contribution is 2.04. The van der Waals surface area contributed by atoms with Crippen molar-refractivity contribution in [3.05, 3.63) is 0 Å². The van der Waals surface area contributed by atoms with E-state index in [-0.39, 0.29) is 11.8 Å². The molecule has 2 atom stereocenters. The van der Waals surface area contributed by atoms with Gasteiger partial charge in [-0.25, -0.2) is 0 Å². The Kier molecular flexibility index (Phi) is 6.49. The average Bonchev–Trinajstić information content (AvgIpc) is 2.18. The minimum atomic E-state index is 0.0191.